The fraction of sp³-hybridized carbons (Fsp3) is 0.0889. The van der Waals surface area contributed by atoms with E-state index in [1.165, 1.54) is 5.69 Å². The third kappa shape index (κ3) is 4.83. The van der Waals surface area contributed by atoms with Gasteiger partial charge in [-0.15, -0.1) is 0 Å². The van der Waals surface area contributed by atoms with Gasteiger partial charge in [-0.1, -0.05) is 72.8 Å². The van der Waals surface area contributed by atoms with Crippen molar-refractivity contribution in [3.63, 3.8) is 0 Å². The van der Waals surface area contributed by atoms with Crippen molar-refractivity contribution in [3.8, 4) is 35.0 Å². The van der Waals surface area contributed by atoms with Crippen LogP contribution < -0.4 is 0 Å². The van der Waals surface area contributed by atoms with Gasteiger partial charge in [0.2, 0.25) is 0 Å². The minimum Gasteiger partial charge on any atom is -0.337 e. The van der Waals surface area contributed by atoms with Gasteiger partial charge >= 0.3 is 0 Å². The average Bonchev–Trinajstić information content (AvgIpc) is 3.64. The maximum atomic E-state index is 10.4. The first-order valence-electron chi connectivity index (χ1n) is 16.7. The van der Waals surface area contributed by atoms with Crippen molar-refractivity contribution in [2.24, 2.45) is 0 Å². The molecule has 1 unspecified atom stereocenters. The Balaban J connectivity index is 1.28. The summed E-state index contributed by atoms with van der Waals surface area (Å²) in [4.78, 5) is 0. The normalized spacial score (nSPS) is 14.2. The van der Waals surface area contributed by atoms with E-state index in [1.54, 1.807) is 0 Å². The number of aromatic nitrogens is 2. The highest BCUT2D eigenvalue weighted by molar-refractivity contribution is 6.10. The Hall–Kier alpha value is -6.87. The molecule has 7 aromatic rings. The second-order valence-electron chi connectivity index (χ2n) is 12.6. The highest BCUT2D eigenvalue weighted by Crippen LogP contribution is 2.40. The standard InChI is InChI=1S/C45H31N5/c1-3-9-37-29(2)49(42-20-18-30(26-46)22-39(37)42)36-14-7-11-33(25-36)32-10-6-12-34(24-32)45-35(28-48)13-8-17-44(45)50-41-16-5-4-15-38(41)40-23-31(27-47)19-21-43(40)50/h3-13,15-25,36H,14H2,1-2H3/b9-3-. The highest BCUT2D eigenvalue weighted by Gasteiger charge is 2.22. The van der Waals surface area contributed by atoms with Gasteiger partial charge in [-0.05, 0) is 97.6 Å². The zero-order valence-electron chi connectivity index (χ0n) is 27.7. The van der Waals surface area contributed by atoms with Gasteiger partial charge in [0.25, 0.3) is 0 Å². The van der Waals surface area contributed by atoms with E-state index < -0.39 is 0 Å². The monoisotopic (exact) mass is 641 g/mol. The molecule has 1 atom stereocenters. The Morgan fingerprint density at radius 1 is 0.700 bits per heavy atom. The molecule has 2 aromatic heterocycles. The Kier molecular flexibility index (Phi) is 7.49. The molecule has 8 rings (SSSR count). The molecule has 0 aliphatic heterocycles. The molecular formula is C45H31N5. The third-order valence-corrected chi connectivity index (χ3v) is 9.83. The van der Waals surface area contributed by atoms with Crippen molar-refractivity contribution in [2.75, 3.05) is 0 Å². The minimum atomic E-state index is 0.0889. The van der Waals surface area contributed by atoms with Gasteiger partial charge in [-0.2, -0.15) is 15.8 Å². The molecule has 1 aliphatic carbocycles. The molecule has 0 fully saturated rings. The molecule has 5 heteroatoms. The molecule has 1 aliphatic rings. The van der Waals surface area contributed by atoms with Crippen LogP contribution in [-0.2, 0) is 0 Å². The van der Waals surface area contributed by atoms with Crippen LogP contribution >= 0.6 is 0 Å². The molecule has 5 aromatic carbocycles. The van der Waals surface area contributed by atoms with Crippen LogP contribution in [0.15, 0.2) is 127 Å². The number of hydrogen-bond acceptors (Lipinski definition) is 3. The predicted molar refractivity (Wildman–Crippen MR) is 203 cm³/mol. The first kappa shape index (κ1) is 30.5. The van der Waals surface area contributed by atoms with E-state index in [4.69, 9.17) is 0 Å². The molecule has 5 nitrogen and oxygen atoms in total. The van der Waals surface area contributed by atoms with Gasteiger partial charge in [-0.3, -0.25) is 0 Å². The van der Waals surface area contributed by atoms with Crippen LogP contribution in [0.4, 0.5) is 0 Å². The van der Waals surface area contributed by atoms with Crippen LogP contribution in [0.25, 0.3) is 61.2 Å². The number of allylic oxidation sites excluding steroid dienone is 5. The lowest BCUT2D eigenvalue weighted by molar-refractivity contribution is 0.616. The first-order chi connectivity index (χ1) is 24.5. The lowest BCUT2D eigenvalue weighted by atomic mass is 9.92. The Morgan fingerprint density at radius 3 is 2.20 bits per heavy atom. The summed E-state index contributed by atoms with van der Waals surface area (Å²) in [5, 5.41) is 32.8. The summed E-state index contributed by atoms with van der Waals surface area (Å²) in [6.45, 7) is 4.18. The number of fused-ring (bicyclic) bond motifs is 4. The molecule has 0 radical (unpaired) electrons. The smallest absolute Gasteiger partial charge is 0.0998 e. The molecule has 50 heavy (non-hydrogen) atoms. The van der Waals surface area contributed by atoms with Crippen molar-refractivity contribution >= 4 is 44.4 Å². The number of benzene rings is 5. The number of nitriles is 3. The van der Waals surface area contributed by atoms with Gasteiger partial charge in [0, 0.05) is 38.5 Å². The average molecular weight is 642 g/mol. The maximum Gasteiger partial charge on any atom is 0.0998 e. The van der Waals surface area contributed by atoms with Crippen LogP contribution in [0.1, 0.15) is 52.9 Å². The molecule has 236 valence electrons. The fourth-order valence-corrected chi connectivity index (χ4v) is 7.66. The quantitative estimate of drug-likeness (QED) is 0.187. The van der Waals surface area contributed by atoms with Gasteiger partial charge in [-0.25, -0.2) is 0 Å². The van der Waals surface area contributed by atoms with Gasteiger partial charge in [0.15, 0.2) is 0 Å². The number of hydrogen-bond donors (Lipinski definition) is 0. The van der Waals surface area contributed by atoms with Crippen molar-refractivity contribution in [2.45, 2.75) is 26.3 Å². The summed E-state index contributed by atoms with van der Waals surface area (Å²) >= 11 is 0. The van der Waals surface area contributed by atoms with Crippen LogP contribution in [0.2, 0.25) is 0 Å². The van der Waals surface area contributed by atoms with Crippen LogP contribution in [-0.4, -0.2) is 9.13 Å². The van der Waals surface area contributed by atoms with Crippen LogP contribution in [0.3, 0.4) is 0 Å². The number of para-hydroxylation sites is 1. The molecule has 0 amide bonds. The Labute approximate surface area is 290 Å². The highest BCUT2D eigenvalue weighted by atomic mass is 15.0. The first-order valence-corrected chi connectivity index (χ1v) is 16.7. The zero-order valence-corrected chi connectivity index (χ0v) is 27.7. The molecule has 0 saturated carbocycles. The second kappa shape index (κ2) is 12.3. The maximum absolute atomic E-state index is 10.4. The van der Waals surface area contributed by atoms with Crippen LogP contribution in [0.5, 0.6) is 0 Å². The van der Waals surface area contributed by atoms with E-state index in [0.29, 0.717) is 16.7 Å². The second-order valence-corrected chi connectivity index (χ2v) is 12.6. The van der Waals surface area contributed by atoms with E-state index in [0.717, 1.165) is 72.6 Å². The van der Waals surface area contributed by atoms with E-state index in [1.807, 2.05) is 61.5 Å². The van der Waals surface area contributed by atoms with Crippen molar-refractivity contribution in [1.29, 1.82) is 15.8 Å². The molecular weight excluding hydrogens is 611 g/mol. The SMILES string of the molecule is C/C=C\c1c(C)n(C2C=C(c3cccc(-c4c(C#N)cccc4-n4c5ccccc5c5cc(C#N)ccc54)c3)C=CC2)c2ccc(C#N)cc12. The summed E-state index contributed by atoms with van der Waals surface area (Å²) in [5.41, 5.74) is 12.2. The summed E-state index contributed by atoms with van der Waals surface area (Å²) in [7, 11) is 0. The van der Waals surface area contributed by atoms with Crippen molar-refractivity contribution < 1.29 is 0 Å². The number of rotatable bonds is 5. The molecule has 0 bridgehead atoms. The molecule has 0 saturated heterocycles. The Morgan fingerprint density at radius 2 is 1.42 bits per heavy atom. The number of nitrogens with zero attached hydrogens (tertiary/aromatic N) is 5. The lowest BCUT2D eigenvalue weighted by Crippen LogP contribution is -2.10. The predicted octanol–water partition coefficient (Wildman–Crippen LogP) is 10.9. The summed E-state index contributed by atoms with van der Waals surface area (Å²) in [6, 6.07) is 41.5. The summed E-state index contributed by atoms with van der Waals surface area (Å²) < 4.78 is 4.60. The van der Waals surface area contributed by atoms with E-state index in [9.17, 15) is 15.8 Å². The topological polar surface area (TPSA) is 81.2 Å². The van der Waals surface area contributed by atoms with E-state index in [2.05, 4.69) is 113 Å². The minimum absolute atomic E-state index is 0.0889. The van der Waals surface area contributed by atoms with Gasteiger partial charge in [0.05, 0.1) is 57.7 Å². The zero-order chi connectivity index (χ0) is 34.4. The van der Waals surface area contributed by atoms with Crippen molar-refractivity contribution in [1.82, 2.24) is 9.13 Å². The Bertz CT molecular complexity index is 2740. The summed E-state index contributed by atoms with van der Waals surface area (Å²) in [5.74, 6) is 0. The van der Waals surface area contributed by atoms with Crippen LogP contribution in [0, 0.1) is 40.9 Å². The van der Waals surface area contributed by atoms with E-state index in [-0.39, 0.29) is 6.04 Å². The molecule has 0 spiro atoms. The third-order valence-electron chi connectivity index (χ3n) is 9.83. The fourth-order valence-electron chi connectivity index (χ4n) is 7.66. The van der Waals surface area contributed by atoms with Crippen molar-refractivity contribution in [3.05, 3.63) is 161 Å². The van der Waals surface area contributed by atoms with E-state index >= 15 is 0 Å². The van der Waals surface area contributed by atoms with Gasteiger partial charge < -0.3 is 9.13 Å². The largest absolute Gasteiger partial charge is 0.337 e. The molecule has 2 heterocycles. The lowest BCUT2D eigenvalue weighted by Gasteiger charge is -2.22. The summed E-state index contributed by atoms with van der Waals surface area (Å²) in [6.07, 6.45) is 11.8. The van der Waals surface area contributed by atoms with Gasteiger partial charge in [0.1, 0.15) is 0 Å². The molecule has 0 N–H and O–H groups in total.